The first-order chi connectivity index (χ1) is 13.9. The van der Waals surface area contributed by atoms with Gasteiger partial charge >= 0.3 is 5.97 Å². The van der Waals surface area contributed by atoms with E-state index < -0.39 is 27.4 Å². The Kier molecular flexibility index (Phi) is 6.35. The van der Waals surface area contributed by atoms with E-state index in [4.69, 9.17) is 25.5 Å². The SMILES string of the molecule is CN1CC[C@@H](Oc2cc(NS(=O)(=O)c3ccoc3C(=O)OC(C)(C)C)ccc2Cl)C1. The highest BCUT2D eigenvalue weighted by Gasteiger charge is 2.30. The number of esters is 1. The topological polar surface area (TPSA) is 98.1 Å². The van der Waals surface area contributed by atoms with Crippen LogP contribution in [0, 0.1) is 0 Å². The fourth-order valence-electron chi connectivity index (χ4n) is 3.02. The van der Waals surface area contributed by atoms with Crippen LogP contribution >= 0.6 is 11.6 Å². The molecule has 1 saturated heterocycles. The van der Waals surface area contributed by atoms with Crippen molar-refractivity contribution in [2.75, 3.05) is 24.9 Å². The highest BCUT2D eigenvalue weighted by Crippen LogP contribution is 2.31. The largest absolute Gasteiger partial charge is 0.487 e. The summed E-state index contributed by atoms with van der Waals surface area (Å²) in [7, 11) is -2.12. The number of nitrogens with zero attached hydrogens (tertiary/aromatic N) is 1. The van der Waals surface area contributed by atoms with Crippen LogP contribution in [-0.4, -0.2) is 51.1 Å². The number of benzene rings is 1. The normalized spacial score (nSPS) is 17.7. The van der Waals surface area contributed by atoms with Gasteiger partial charge in [-0.2, -0.15) is 0 Å². The van der Waals surface area contributed by atoms with E-state index >= 15 is 0 Å². The molecule has 1 N–H and O–H groups in total. The summed E-state index contributed by atoms with van der Waals surface area (Å²) in [6.45, 7) is 6.72. The van der Waals surface area contributed by atoms with E-state index in [1.165, 1.54) is 18.2 Å². The fourth-order valence-corrected chi connectivity index (χ4v) is 4.34. The molecule has 3 rings (SSSR count). The Morgan fingerprint density at radius 1 is 1.30 bits per heavy atom. The number of hydrogen-bond acceptors (Lipinski definition) is 7. The molecule has 0 bridgehead atoms. The number of carbonyl (C=O) groups excluding carboxylic acids is 1. The predicted octanol–water partition coefficient (Wildman–Crippen LogP) is 3.77. The van der Waals surface area contributed by atoms with Crippen LogP contribution in [0.4, 0.5) is 5.69 Å². The van der Waals surface area contributed by atoms with Crippen LogP contribution in [0.15, 0.2) is 39.8 Å². The number of likely N-dealkylation sites (N-methyl/N-ethyl adjacent to an activating group) is 1. The zero-order valence-electron chi connectivity index (χ0n) is 17.3. The van der Waals surface area contributed by atoms with Gasteiger partial charge in [-0.1, -0.05) is 11.6 Å². The van der Waals surface area contributed by atoms with E-state index in [9.17, 15) is 13.2 Å². The number of anilines is 1. The van der Waals surface area contributed by atoms with Crippen LogP contribution in [0.25, 0.3) is 0 Å². The van der Waals surface area contributed by atoms with Crippen molar-refractivity contribution in [1.82, 2.24) is 4.90 Å². The molecule has 1 atom stereocenters. The Morgan fingerprint density at radius 3 is 2.67 bits per heavy atom. The average molecular weight is 457 g/mol. The molecule has 0 radical (unpaired) electrons. The minimum atomic E-state index is -4.12. The van der Waals surface area contributed by atoms with Crippen LogP contribution in [-0.2, 0) is 14.8 Å². The van der Waals surface area contributed by atoms with Crippen molar-refractivity contribution in [3.8, 4) is 5.75 Å². The number of likely N-dealkylation sites (tertiary alicyclic amines) is 1. The molecule has 0 spiro atoms. The monoisotopic (exact) mass is 456 g/mol. The highest BCUT2D eigenvalue weighted by atomic mass is 35.5. The third-order valence-corrected chi connectivity index (χ3v) is 6.05. The van der Waals surface area contributed by atoms with Gasteiger partial charge in [0.1, 0.15) is 22.4 Å². The van der Waals surface area contributed by atoms with Crippen molar-refractivity contribution in [3.05, 3.63) is 41.3 Å². The lowest BCUT2D eigenvalue weighted by atomic mass is 10.2. The Labute approximate surface area is 181 Å². The molecular weight excluding hydrogens is 432 g/mol. The van der Waals surface area contributed by atoms with Crippen molar-refractivity contribution >= 4 is 33.3 Å². The molecule has 1 fully saturated rings. The van der Waals surface area contributed by atoms with Crippen LogP contribution in [0.3, 0.4) is 0 Å². The minimum Gasteiger partial charge on any atom is -0.487 e. The van der Waals surface area contributed by atoms with Crippen molar-refractivity contribution in [3.63, 3.8) is 0 Å². The van der Waals surface area contributed by atoms with Gasteiger partial charge in [0.05, 0.1) is 17.0 Å². The van der Waals surface area contributed by atoms with Gasteiger partial charge in [-0.3, -0.25) is 4.72 Å². The standard InChI is InChI=1S/C20H25ClN2O6S/c1-20(2,3)29-19(24)18-17(8-10-27-18)30(25,26)22-13-5-6-15(21)16(11-13)28-14-7-9-23(4)12-14/h5-6,8,10-11,14,22H,7,9,12H2,1-4H3/t14-/m1/s1. The summed E-state index contributed by atoms with van der Waals surface area (Å²) >= 11 is 6.22. The number of ether oxygens (including phenoxy) is 2. The van der Waals surface area contributed by atoms with Crippen LogP contribution in [0.2, 0.25) is 5.02 Å². The minimum absolute atomic E-state index is 0.0213. The fraction of sp³-hybridized carbons (Fsp3) is 0.450. The van der Waals surface area contributed by atoms with Gasteiger partial charge < -0.3 is 18.8 Å². The second kappa shape index (κ2) is 8.49. The van der Waals surface area contributed by atoms with Crippen LogP contribution < -0.4 is 9.46 Å². The summed E-state index contributed by atoms with van der Waals surface area (Å²) in [4.78, 5) is 14.1. The molecular formula is C20H25ClN2O6S. The maximum atomic E-state index is 12.9. The number of carbonyl (C=O) groups is 1. The maximum Gasteiger partial charge on any atom is 0.376 e. The van der Waals surface area contributed by atoms with Gasteiger partial charge in [-0.05, 0) is 52.4 Å². The zero-order valence-corrected chi connectivity index (χ0v) is 18.8. The molecule has 0 aliphatic carbocycles. The first-order valence-corrected chi connectivity index (χ1v) is 11.3. The summed E-state index contributed by atoms with van der Waals surface area (Å²) in [5.74, 6) is -0.869. The van der Waals surface area contributed by atoms with Gasteiger partial charge in [0.25, 0.3) is 10.0 Å². The van der Waals surface area contributed by atoms with E-state index in [2.05, 4.69) is 9.62 Å². The first-order valence-electron chi connectivity index (χ1n) is 9.43. The highest BCUT2D eigenvalue weighted by molar-refractivity contribution is 7.92. The average Bonchev–Trinajstić information content (AvgIpc) is 3.26. The molecule has 30 heavy (non-hydrogen) atoms. The molecule has 2 heterocycles. The van der Waals surface area contributed by atoms with Gasteiger partial charge in [0.15, 0.2) is 0 Å². The van der Waals surface area contributed by atoms with Crippen LogP contribution in [0.1, 0.15) is 37.7 Å². The Hall–Kier alpha value is -2.23. The molecule has 1 aromatic carbocycles. The summed E-state index contributed by atoms with van der Waals surface area (Å²) in [5, 5.41) is 0.380. The van der Waals surface area contributed by atoms with Gasteiger partial charge in [-0.25, -0.2) is 13.2 Å². The smallest absolute Gasteiger partial charge is 0.376 e. The van der Waals surface area contributed by atoms with E-state index in [1.54, 1.807) is 26.8 Å². The predicted molar refractivity (Wildman–Crippen MR) is 113 cm³/mol. The molecule has 164 valence electrons. The lowest BCUT2D eigenvalue weighted by Crippen LogP contribution is -2.25. The molecule has 1 aromatic heterocycles. The number of nitrogens with one attached hydrogen (secondary N) is 1. The number of hydrogen-bond donors (Lipinski definition) is 1. The van der Waals surface area contributed by atoms with E-state index in [0.29, 0.717) is 10.8 Å². The third-order valence-electron chi connectivity index (χ3n) is 4.33. The molecule has 0 saturated carbocycles. The van der Waals surface area contributed by atoms with Crippen molar-refractivity contribution in [1.29, 1.82) is 0 Å². The number of rotatable bonds is 6. The van der Waals surface area contributed by atoms with Crippen molar-refractivity contribution in [2.24, 2.45) is 0 Å². The molecule has 0 amide bonds. The second-order valence-corrected chi connectivity index (χ2v) is 10.2. The van der Waals surface area contributed by atoms with Gasteiger partial charge in [0, 0.05) is 19.2 Å². The lowest BCUT2D eigenvalue weighted by molar-refractivity contribution is 0.00303. The number of furan rings is 1. The van der Waals surface area contributed by atoms with E-state index in [0.717, 1.165) is 25.8 Å². The molecule has 10 heteroatoms. The van der Waals surface area contributed by atoms with Crippen molar-refractivity contribution < 1.29 is 27.1 Å². The second-order valence-electron chi connectivity index (χ2n) is 8.16. The summed E-state index contributed by atoms with van der Waals surface area (Å²) < 4.78 is 44.4. The molecule has 0 unspecified atom stereocenters. The molecule has 1 aliphatic heterocycles. The number of halogens is 1. The zero-order chi connectivity index (χ0) is 22.1. The molecule has 8 nitrogen and oxygen atoms in total. The Morgan fingerprint density at radius 2 is 2.03 bits per heavy atom. The summed E-state index contributed by atoms with van der Waals surface area (Å²) in [6.07, 6.45) is 1.96. The van der Waals surface area contributed by atoms with E-state index in [-0.39, 0.29) is 16.7 Å². The van der Waals surface area contributed by atoms with Crippen LogP contribution in [0.5, 0.6) is 5.75 Å². The Bertz CT molecular complexity index is 1030. The van der Waals surface area contributed by atoms with Gasteiger partial charge in [0.2, 0.25) is 5.76 Å². The van der Waals surface area contributed by atoms with Gasteiger partial charge in [-0.15, -0.1) is 0 Å². The third kappa shape index (κ3) is 5.47. The summed E-state index contributed by atoms with van der Waals surface area (Å²) in [5.41, 5.74) is -0.549. The van der Waals surface area contributed by atoms with Crippen molar-refractivity contribution in [2.45, 2.75) is 43.8 Å². The molecule has 2 aromatic rings. The summed E-state index contributed by atoms with van der Waals surface area (Å²) in [6, 6.07) is 5.78. The Balaban J connectivity index is 1.80. The molecule has 1 aliphatic rings. The quantitative estimate of drug-likeness (QED) is 0.660. The maximum absolute atomic E-state index is 12.9. The first kappa shape index (κ1) is 22.5. The number of sulfonamides is 1. The lowest BCUT2D eigenvalue weighted by Gasteiger charge is -2.19. The van der Waals surface area contributed by atoms with E-state index in [1.807, 2.05) is 7.05 Å².